The van der Waals surface area contributed by atoms with E-state index in [1.807, 2.05) is 12.1 Å². The van der Waals surface area contributed by atoms with Crippen molar-refractivity contribution in [1.29, 1.82) is 10.5 Å². The van der Waals surface area contributed by atoms with Gasteiger partial charge in [-0.1, -0.05) is 29.4 Å². The molecule has 0 amide bonds. The van der Waals surface area contributed by atoms with Crippen molar-refractivity contribution in [2.45, 2.75) is 9.92 Å². The summed E-state index contributed by atoms with van der Waals surface area (Å²) in [6.45, 7) is 0. The maximum absolute atomic E-state index is 9.89. The number of pyridine rings is 1. The number of halogens is 1. The number of aromatic nitrogens is 1. The molecule has 1 aromatic heterocycles. The van der Waals surface area contributed by atoms with E-state index in [0.29, 0.717) is 32.7 Å². The van der Waals surface area contributed by atoms with Crippen molar-refractivity contribution >= 4 is 29.2 Å². The van der Waals surface area contributed by atoms with E-state index in [9.17, 15) is 10.5 Å². The maximum Gasteiger partial charge on any atom is 0.161 e. The number of benzene rings is 2. The Morgan fingerprint density at radius 3 is 2.21 bits per heavy atom. The first-order valence-corrected chi connectivity index (χ1v) is 9.51. The summed E-state index contributed by atoms with van der Waals surface area (Å²) in [4.78, 5) is 5.14. The molecule has 6 nitrogen and oxygen atoms in total. The number of hydrogen-bond acceptors (Lipinski definition) is 7. The summed E-state index contributed by atoms with van der Waals surface area (Å²) in [7, 11) is 3.05. The lowest BCUT2D eigenvalue weighted by atomic mass is 9.96. The third-order valence-corrected chi connectivity index (χ3v) is 5.36. The summed E-state index contributed by atoms with van der Waals surface area (Å²) in [5, 5.41) is 20.6. The molecule has 144 valence electrons. The topological polar surface area (TPSA) is 105 Å². The Morgan fingerprint density at radius 1 is 0.966 bits per heavy atom. The van der Waals surface area contributed by atoms with Gasteiger partial charge in [0, 0.05) is 15.5 Å². The van der Waals surface area contributed by atoms with E-state index in [2.05, 4.69) is 17.1 Å². The number of hydrogen-bond donors (Lipinski definition) is 1. The Hall–Kier alpha value is -3.39. The van der Waals surface area contributed by atoms with Crippen molar-refractivity contribution in [2.24, 2.45) is 0 Å². The predicted molar refractivity (Wildman–Crippen MR) is 112 cm³/mol. The molecule has 0 aliphatic rings. The number of anilines is 1. The number of nitrogens with two attached hydrogens (primary N) is 1. The Balaban J connectivity index is 2.23. The molecule has 3 aromatic rings. The van der Waals surface area contributed by atoms with E-state index < -0.39 is 0 Å². The molecule has 0 spiro atoms. The fraction of sp³-hybridized carbons (Fsp3) is 0.0952. The summed E-state index contributed by atoms with van der Waals surface area (Å²) in [5.41, 5.74) is 7.45. The predicted octanol–water partition coefficient (Wildman–Crippen LogP) is 4.90. The third-order valence-electron chi connectivity index (χ3n) is 4.12. The molecule has 0 bridgehead atoms. The van der Waals surface area contributed by atoms with Gasteiger partial charge < -0.3 is 15.2 Å². The van der Waals surface area contributed by atoms with E-state index in [0.717, 1.165) is 4.90 Å². The number of nitrogens with zero attached hydrogens (tertiary/aromatic N) is 3. The molecule has 0 aliphatic carbocycles. The fourth-order valence-corrected chi connectivity index (χ4v) is 3.78. The van der Waals surface area contributed by atoms with E-state index in [-0.39, 0.29) is 16.9 Å². The SMILES string of the molecule is COc1ccc(-c2c(C#N)c(N)nc(Sc3ccc(Cl)cc3)c2C#N)cc1OC. The lowest BCUT2D eigenvalue weighted by Gasteiger charge is -2.15. The van der Waals surface area contributed by atoms with Gasteiger partial charge in [-0.05, 0) is 42.0 Å². The van der Waals surface area contributed by atoms with Crippen LogP contribution in [0.1, 0.15) is 11.1 Å². The Kier molecular flexibility index (Phi) is 6.13. The fourth-order valence-electron chi connectivity index (χ4n) is 2.77. The van der Waals surface area contributed by atoms with E-state index >= 15 is 0 Å². The van der Waals surface area contributed by atoms with Gasteiger partial charge in [-0.25, -0.2) is 4.98 Å². The van der Waals surface area contributed by atoms with Crippen molar-refractivity contribution in [1.82, 2.24) is 4.98 Å². The second-order valence-electron chi connectivity index (χ2n) is 5.78. The minimum absolute atomic E-state index is 0.0488. The lowest BCUT2D eigenvalue weighted by Crippen LogP contribution is -2.03. The smallest absolute Gasteiger partial charge is 0.161 e. The number of nitriles is 2. The first-order chi connectivity index (χ1) is 14.0. The molecule has 2 N–H and O–H groups in total. The highest BCUT2D eigenvalue weighted by Gasteiger charge is 2.22. The molecular formula is C21H15ClN4O2S. The zero-order valence-electron chi connectivity index (χ0n) is 15.6. The first-order valence-electron chi connectivity index (χ1n) is 8.31. The molecule has 0 aliphatic heterocycles. The number of rotatable bonds is 5. The molecule has 2 aromatic carbocycles. The molecule has 0 fully saturated rings. The summed E-state index contributed by atoms with van der Waals surface area (Å²) in [6.07, 6.45) is 0. The van der Waals surface area contributed by atoms with Crippen LogP contribution < -0.4 is 15.2 Å². The molecule has 0 unspecified atom stereocenters. The van der Waals surface area contributed by atoms with Crippen molar-refractivity contribution in [3.05, 3.63) is 58.6 Å². The summed E-state index contributed by atoms with van der Waals surface area (Å²) < 4.78 is 10.6. The minimum Gasteiger partial charge on any atom is -0.493 e. The maximum atomic E-state index is 9.89. The number of ether oxygens (including phenoxy) is 2. The molecule has 3 rings (SSSR count). The van der Waals surface area contributed by atoms with Crippen molar-refractivity contribution in [2.75, 3.05) is 20.0 Å². The highest BCUT2D eigenvalue weighted by atomic mass is 35.5. The van der Waals surface area contributed by atoms with Crippen LogP contribution in [0.4, 0.5) is 5.82 Å². The van der Waals surface area contributed by atoms with E-state index in [1.54, 1.807) is 30.3 Å². The van der Waals surface area contributed by atoms with Crippen LogP contribution in [-0.2, 0) is 0 Å². The first kappa shape index (κ1) is 20.3. The summed E-state index contributed by atoms with van der Waals surface area (Å²) in [5.74, 6) is 1.05. The zero-order valence-corrected chi connectivity index (χ0v) is 17.1. The van der Waals surface area contributed by atoms with Crippen LogP contribution in [0.5, 0.6) is 11.5 Å². The molecular weight excluding hydrogens is 408 g/mol. The number of nitrogen functional groups attached to an aromatic ring is 1. The average molecular weight is 423 g/mol. The second-order valence-corrected chi connectivity index (χ2v) is 7.28. The van der Waals surface area contributed by atoms with Crippen LogP contribution in [0.3, 0.4) is 0 Å². The highest BCUT2D eigenvalue weighted by Crippen LogP contribution is 2.40. The van der Waals surface area contributed by atoms with Crippen molar-refractivity contribution in [3.8, 4) is 34.8 Å². The molecule has 8 heteroatoms. The van der Waals surface area contributed by atoms with Gasteiger partial charge in [0.05, 0.1) is 19.8 Å². The third kappa shape index (κ3) is 4.07. The van der Waals surface area contributed by atoms with Crippen LogP contribution in [0.15, 0.2) is 52.4 Å². The molecule has 0 radical (unpaired) electrons. The van der Waals surface area contributed by atoms with Crippen molar-refractivity contribution < 1.29 is 9.47 Å². The zero-order chi connectivity index (χ0) is 21.0. The van der Waals surface area contributed by atoms with E-state index in [1.165, 1.54) is 26.0 Å². The minimum atomic E-state index is 0.0488. The Bertz CT molecular complexity index is 1150. The standard InChI is InChI=1S/C21H15ClN4O2S/c1-27-17-8-3-12(9-18(17)28-2)19-15(10-23)20(25)26-21(16(19)11-24)29-14-6-4-13(22)5-7-14/h3-9H,1-2H3,(H2,25,26). The van der Waals surface area contributed by atoms with E-state index in [4.69, 9.17) is 26.8 Å². The molecule has 0 saturated heterocycles. The molecule has 0 saturated carbocycles. The highest BCUT2D eigenvalue weighted by molar-refractivity contribution is 7.99. The quantitative estimate of drug-likeness (QED) is 0.623. The second kappa shape index (κ2) is 8.74. The normalized spacial score (nSPS) is 10.1. The Morgan fingerprint density at radius 2 is 1.62 bits per heavy atom. The molecule has 0 atom stereocenters. The van der Waals surface area contributed by atoms with Crippen LogP contribution >= 0.6 is 23.4 Å². The van der Waals surface area contributed by atoms with Gasteiger partial charge >= 0.3 is 0 Å². The van der Waals surface area contributed by atoms with Crippen LogP contribution in [0.25, 0.3) is 11.1 Å². The van der Waals surface area contributed by atoms with Crippen LogP contribution in [0, 0.1) is 22.7 Å². The van der Waals surface area contributed by atoms with Gasteiger partial charge in [0.15, 0.2) is 11.5 Å². The van der Waals surface area contributed by atoms with Crippen LogP contribution in [-0.4, -0.2) is 19.2 Å². The van der Waals surface area contributed by atoms with Gasteiger partial charge in [0.1, 0.15) is 28.5 Å². The van der Waals surface area contributed by atoms with Crippen LogP contribution in [0.2, 0.25) is 5.02 Å². The molecule has 1 heterocycles. The largest absolute Gasteiger partial charge is 0.493 e. The lowest BCUT2D eigenvalue weighted by molar-refractivity contribution is 0.355. The molecule has 29 heavy (non-hydrogen) atoms. The van der Waals surface area contributed by atoms with Gasteiger partial charge in [-0.3, -0.25) is 0 Å². The Labute approximate surface area is 177 Å². The monoisotopic (exact) mass is 422 g/mol. The number of methoxy groups -OCH3 is 2. The summed E-state index contributed by atoms with van der Waals surface area (Å²) in [6, 6.07) is 16.5. The summed E-state index contributed by atoms with van der Waals surface area (Å²) >= 11 is 7.21. The van der Waals surface area contributed by atoms with Gasteiger partial charge in [-0.15, -0.1) is 0 Å². The average Bonchev–Trinajstić information content (AvgIpc) is 2.74. The van der Waals surface area contributed by atoms with Crippen molar-refractivity contribution in [3.63, 3.8) is 0 Å². The van der Waals surface area contributed by atoms with Gasteiger partial charge in [-0.2, -0.15) is 10.5 Å². The van der Waals surface area contributed by atoms with Gasteiger partial charge in [0.25, 0.3) is 0 Å². The van der Waals surface area contributed by atoms with Gasteiger partial charge in [0.2, 0.25) is 0 Å².